The van der Waals surface area contributed by atoms with Crippen molar-refractivity contribution in [2.24, 2.45) is 5.73 Å². The Balaban J connectivity index is 1.56. The summed E-state index contributed by atoms with van der Waals surface area (Å²) < 4.78 is 1.64. The average Bonchev–Trinajstić information content (AvgIpc) is 3.33. The van der Waals surface area contributed by atoms with E-state index in [1.807, 2.05) is 41.3 Å². The van der Waals surface area contributed by atoms with Gasteiger partial charge >= 0.3 is 0 Å². The lowest BCUT2D eigenvalue weighted by atomic mass is 9.90. The predicted octanol–water partition coefficient (Wildman–Crippen LogP) is 1.97. The second kappa shape index (κ2) is 6.14. The molecule has 1 fully saturated rings. The van der Waals surface area contributed by atoms with Gasteiger partial charge in [-0.25, -0.2) is 9.67 Å². The van der Waals surface area contributed by atoms with Gasteiger partial charge in [0.05, 0.1) is 5.54 Å². The van der Waals surface area contributed by atoms with E-state index in [1.54, 1.807) is 35.4 Å². The van der Waals surface area contributed by atoms with Gasteiger partial charge in [-0.15, -0.1) is 0 Å². The lowest BCUT2D eigenvalue weighted by Gasteiger charge is -2.25. The number of rotatable bonds is 3. The molecule has 6 heteroatoms. The van der Waals surface area contributed by atoms with Crippen LogP contribution in [0, 0.1) is 0 Å². The van der Waals surface area contributed by atoms with Gasteiger partial charge in [-0.3, -0.25) is 4.79 Å². The van der Waals surface area contributed by atoms with Gasteiger partial charge in [0, 0.05) is 37.2 Å². The molecule has 0 spiro atoms. The van der Waals surface area contributed by atoms with Crippen LogP contribution in [0.25, 0.3) is 5.82 Å². The van der Waals surface area contributed by atoms with E-state index in [4.69, 9.17) is 5.73 Å². The summed E-state index contributed by atoms with van der Waals surface area (Å²) in [5.41, 5.74) is 7.74. The van der Waals surface area contributed by atoms with Crippen LogP contribution in [0.3, 0.4) is 0 Å². The molecule has 2 aromatic heterocycles. The van der Waals surface area contributed by atoms with E-state index in [9.17, 15) is 4.79 Å². The van der Waals surface area contributed by atoms with Crippen molar-refractivity contribution in [1.82, 2.24) is 19.7 Å². The van der Waals surface area contributed by atoms with E-state index in [1.165, 1.54) is 0 Å². The van der Waals surface area contributed by atoms with Gasteiger partial charge in [0.2, 0.25) is 0 Å². The van der Waals surface area contributed by atoms with Crippen LogP contribution in [0.5, 0.6) is 0 Å². The number of carbonyl (C=O) groups is 1. The molecule has 0 saturated carbocycles. The highest BCUT2D eigenvalue weighted by molar-refractivity contribution is 5.94. The minimum absolute atomic E-state index is 0.0286. The first kappa shape index (κ1) is 15.5. The third-order valence-electron chi connectivity index (χ3n) is 4.67. The SMILES string of the molecule is NC1(c2ccccc2)CCN(C(=O)c2ccnc(-n3cccn3)c2)C1. The summed E-state index contributed by atoms with van der Waals surface area (Å²) in [4.78, 5) is 19.0. The monoisotopic (exact) mass is 333 g/mol. The maximum atomic E-state index is 12.9. The molecule has 3 aromatic rings. The molecule has 1 aliphatic heterocycles. The van der Waals surface area contributed by atoms with Crippen molar-refractivity contribution in [3.05, 3.63) is 78.2 Å². The summed E-state index contributed by atoms with van der Waals surface area (Å²) in [7, 11) is 0. The Labute approximate surface area is 145 Å². The minimum Gasteiger partial charge on any atom is -0.336 e. The highest BCUT2D eigenvalue weighted by Crippen LogP contribution is 2.30. The van der Waals surface area contributed by atoms with Gasteiger partial charge in [0.15, 0.2) is 5.82 Å². The van der Waals surface area contributed by atoms with Crippen molar-refractivity contribution in [3.63, 3.8) is 0 Å². The largest absolute Gasteiger partial charge is 0.336 e. The van der Waals surface area contributed by atoms with Crippen molar-refractivity contribution in [2.45, 2.75) is 12.0 Å². The van der Waals surface area contributed by atoms with Crippen molar-refractivity contribution < 1.29 is 4.79 Å². The van der Waals surface area contributed by atoms with Gasteiger partial charge in [-0.2, -0.15) is 5.10 Å². The Bertz CT molecular complexity index is 878. The summed E-state index contributed by atoms with van der Waals surface area (Å²) in [5, 5.41) is 4.16. The average molecular weight is 333 g/mol. The van der Waals surface area contributed by atoms with Crippen LogP contribution in [0.4, 0.5) is 0 Å². The molecule has 126 valence electrons. The van der Waals surface area contributed by atoms with E-state index in [2.05, 4.69) is 10.1 Å². The first-order chi connectivity index (χ1) is 12.2. The van der Waals surface area contributed by atoms with Crippen molar-refractivity contribution >= 4 is 5.91 Å². The van der Waals surface area contributed by atoms with Crippen LogP contribution in [-0.4, -0.2) is 38.7 Å². The van der Waals surface area contributed by atoms with Crippen LogP contribution in [0.1, 0.15) is 22.3 Å². The number of hydrogen-bond acceptors (Lipinski definition) is 4. The Morgan fingerprint density at radius 1 is 1.12 bits per heavy atom. The van der Waals surface area contributed by atoms with Gasteiger partial charge in [0.25, 0.3) is 5.91 Å². The molecule has 3 heterocycles. The Morgan fingerprint density at radius 2 is 1.96 bits per heavy atom. The van der Waals surface area contributed by atoms with E-state index in [0.29, 0.717) is 24.5 Å². The molecule has 1 aromatic carbocycles. The normalized spacial score (nSPS) is 20.0. The van der Waals surface area contributed by atoms with Crippen LogP contribution in [0.2, 0.25) is 0 Å². The molecule has 0 aliphatic carbocycles. The number of nitrogens with two attached hydrogens (primary N) is 1. The van der Waals surface area contributed by atoms with Gasteiger partial charge in [-0.05, 0) is 30.2 Å². The highest BCUT2D eigenvalue weighted by atomic mass is 16.2. The van der Waals surface area contributed by atoms with Crippen LogP contribution in [-0.2, 0) is 5.54 Å². The number of pyridine rings is 1. The second-order valence-electron chi connectivity index (χ2n) is 6.35. The second-order valence-corrected chi connectivity index (χ2v) is 6.35. The zero-order chi connectivity index (χ0) is 17.3. The quantitative estimate of drug-likeness (QED) is 0.795. The topological polar surface area (TPSA) is 77.0 Å². The first-order valence-electron chi connectivity index (χ1n) is 8.25. The summed E-state index contributed by atoms with van der Waals surface area (Å²) in [5.74, 6) is 0.594. The maximum Gasteiger partial charge on any atom is 0.254 e. The van der Waals surface area contributed by atoms with Crippen LogP contribution in [0.15, 0.2) is 67.1 Å². The summed E-state index contributed by atoms with van der Waals surface area (Å²) >= 11 is 0. The number of aromatic nitrogens is 3. The van der Waals surface area contributed by atoms with E-state index < -0.39 is 5.54 Å². The Morgan fingerprint density at radius 3 is 2.72 bits per heavy atom. The molecule has 0 bridgehead atoms. The van der Waals surface area contributed by atoms with E-state index in [0.717, 1.165) is 12.0 Å². The zero-order valence-electron chi connectivity index (χ0n) is 13.7. The van der Waals surface area contributed by atoms with Crippen molar-refractivity contribution in [3.8, 4) is 5.82 Å². The minimum atomic E-state index is -0.491. The van der Waals surface area contributed by atoms with Crippen LogP contribution < -0.4 is 5.73 Å². The standard InChI is InChI=1S/C19H19N5O/c20-19(16-5-2-1-3-6-16)8-12-23(14-19)18(25)15-7-10-21-17(13-15)24-11-4-9-22-24/h1-7,9-11,13H,8,12,14,20H2. The third kappa shape index (κ3) is 2.92. The Hall–Kier alpha value is -2.99. The summed E-state index contributed by atoms with van der Waals surface area (Å²) in [6, 6.07) is 15.3. The summed E-state index contributed by atoms with van der Waals surface area (Å²) in [6.45, 7) is 1.15. The van der Waals surface area contributed by atoms with Crippen LogP contribution >= 0.6 is 0 Å². The molecular weight excluding hydrogens is 314 g/mol. The number of likely N-dealkylation sites (tertiary alicyclic amines) is 1. The van der Waals surface area contributed by atoms with E-state index >= 15 is 0 Å². The number of hydrogen-bond donors (Lipinski definition) is 1. The highest BCUT2D eigenvalue weighted by Gasteiger charge is 2.38. The number of benzene rings is 1. The molecule has 1 unspecified atom stereocenters. The van der Waals surface area contributed by atoms with Crippen molar-refractivity contribution in [2.75, 3.05) is 13.1 Å². The molecule has 0 radical (unpaired) electrons. The third-order valence-corrected chi connectivity index (χ3v) is 4.67. The first-order valence-corrected chi connectivity index (χ1v) is 8.25. The fourth-order valence-corrected chi connectivity index (χ4v) is 3.28. The lowest BCUT2D eigenvalue weighted by Crippen LogP contribution is -2.41. The molecule has 4 rings (SSSR count). The molecule has 25 heavy (non-hydrogen) atoms. The molecule has 2 N–H and O–H groups in total. The predicted molar refractivity (Wildman–Crippen MR) is 94.2 cm³/mol. The van der Waals surface area contributed by atoms with Crippen molar-refractivity contribution in [1.29, 1.82) is 0 Å². The smallest absolute Gasteiger partial charge is 0.254 e. The molecule has 1 saturated heterocycles. The molecule has 1 amide bonds. The molecule has 6 nitrogen and oxygen atoms in total. The summed E-state index contributed by atoms with van der Waals surface area (Å²) in [6.07, 6.45) is 5.86. The van der Waals surface area contributed by atoms with Gasteiger partial charge in [-0.1, -0.05) is 30.3 Å². The number of nitrogens with zero attached hydrogens (tertiary/aromatic N) is 4. The molecule has 1 aliphatic rings. The Kier molecular flexibility index (Phi) is 3.82. The van der Waals surface area contributed by atoms with E-state index in [-0.39, 0.29) is 5.91 Å². The fraction of sp³-hybridized carbons (Fsp3) is 0.211. The number of carbonyl (C=O) groups excluding carboxylic acids is 1. The maximum absolute atomic E-state index is 12.9. The molecular formula is C19H19N5O. The van der Waals surface area contributed by atoms with Gasteiger partial charge in [0.1, 0.15) is 0 Å². The molecule has 1 atom stereocenters. The van der Waals surface area contributed by atoms with Gasteiger partial charge < -0.3 is 10.6 Å². The number of amides is 1. The fourth-order valence-electron chi connectivity index (χ4n) is 3.28. The zero-order valence-corrected chi connectivity index (χ0v) is 13.7. The lowest BCUT2D eigenvalue weighted by molar-refractivity contribution is 0.0783.